The number of aromatic nitrogens is 2. The van der Waals surface area contributed by atoms with Crippen LogP contribution < -0.4 is 14.8 Å². The number of carbonyl (C=O) groups excluding carboxylic acids is 1. The van der Waals surface area contributed by atoms with Crippen LogP contribution in [0.4, 0.5) is 4.39 Å². The lowest BCUT2D eigenvalue weighted by Gasteiger charge is -2.22. The minimum absolute atomic E-state index is 0.0763. The molecular weight excluding hydrogens is 469 g/mol. The van der Waals surface area contributed by atoms with Crippen molar-refractivity contribution in [1.29, 1.82) is 0 Å². The van der Waals surface area contributed by atoms with E-state index in [9.17, 15) is 9.18 Å². The van der Waals surface area contributed by atoms with E-state index in [0.29, 0.717) is 61.3 Å². The second-order valence-electron chi connectivity index (χ2n) is 7.18. The highest BCUT2D eigenvalue weighted by molar-refractivity contribution is 9.10. The number of hydrogen-bond acceptors (Lipinski definition) is 6. The summed E-state index contributed by atoms with van der Waals surface area (Å²) in [4.78, 5) is 16.7. The Hall–Kier alpha value is -2.94. The summed E-state index contributed by atoms with van der Waals surface area (Å²) in [5, 5.41) is 6.91. The second-order valence-corrected chi connectivity index (χ2v) is 8.03. The van der Waals surface area contributed by atoms with Gasteiger partial charge in [-0.1, -0.05) is 21.1 Å². The number of hydrogen-bond donors (Lipinski definition) is 1. The molecule has 0 saturated carbocycles. The molecule has 0 aliphatic carbocycles. The Kier molecular flexibility index (Phi) is 6.50. The molecule has 0 radical (unpaired) electrons. The van der Waals surface area contributed by atoms with E-state index in [1.165, 1.54) is 12.1 Å². The van der Waals surface area contributed by atoms with Crippen LogP contribution in [0.15, 0.2) is 45.4 Å². The van der Waals surface area contributed by atoms with Crippen LogP contribution in [-0.4, -0.2) is 29.3 Å². The third kappa shape index (κ3) is 5.22. The van der Waals surface area contributed by atoms with Gasteiger partial charge in [-0.05, 0) is 55.3 Å². The largest absolute Gasteiger partial charge is 0.486 e. The molecule has 31 heavy (non-hydrogen) atoms. The number of halogens is 2. The number of nitrogens with zero attached hydrogens (tertiary/aromatic N) is 2. The van der Waals surface area contributed by atoms with Gasteiger partial charge in [0.25, 0.3) is 0 Å². The van der Waals surface area contributed by atoms with Crippen LogP contribution >= 0.6 is 15.9 Å². The number of fused-ring (bicyclic) bond motifs is 1. The van der Waals surface area contributed by atoms with E-state index in [1.807, 2.05) is 19.1 Å². The normalized spacial score (nSPS) is 13.6. The van der Waals surface area contributed by atoms with Gasteiger partial charge in [0.2, 0.25) is 17.6 Å². The molecule has 1 aliphatic rings. The highest BCUT2D eigenvalue weighted by Gasteiger charge is 2.19. The molecule has 0 spiro atoms. The molecule has 9 heteroatoms. The minimum atomic E-state index is -0.323. The van der Waals surface area contributed by atoms with Crippen LogP contribution in [0.25, 0.3) is 11.4 Å². The summed E-state index contributed by atoms with van der Waals surface area (Å²) in [6.07, 6.45) is 1.36. The maximum Gasteiger partial charge on any atom is 0.226 e. The van der Waals surface area contributed by atoms with Crippen LogP contribution in [0.1, 0.15) is 37.3 Å². The fraction of sp³-hybridized carbons (Fsp3) is 0.318. The summed E-state index contributed by atoms with van der Waals surface area (Å²) >= 11 is 3.54. The highest BCUT2D eigenvalue weighted by Crippen LogP contribution is 2.37. The first-order valence-electron chi connectivity index (χ1n) is 9.96. The molecule has 7 nitrogen and oxygen atoms in total. The van der Waals surface area contributed by atoms with E-state index < -0.39 is 0 Å². The van der Waals surface area contributed by atoms with Gasteiger partial charge in [-0.2, -0.15) is 4.98 Å². The first kappa shape index (κ1) is 21.3. The summed E-state index contributed by atoms with van der Waals surface area (Å²) in [5.41, 5.74) is 1.59. The van der Waals surface area contributed by atoms with Crippen molar-refractivity contribution in [3.05, 3.63) is 58.1 Å². The van der Waals surface area contributed by atoms with Gasteiger partial charge in [0, 0.05) is 22.9 Å². The first-order chi connectivity index (χ1) is 15.0. The maximum absolute atomic E-state index is 13.0. The van der Waals surface area contributed by atoms with Crippen LogP contribution in [0, 0.1) is 5.82 Å². The molecule has 1 unspecified atom stereocenters. The van der Waals surface area contributed by atoms with Gasteiger partial charge >= 0.3 is 0 Å². The standard InChI is InChI=1S/C22H21BrFN3O4/c1-13(16-11-18-19(12-17(16)23)30-10-9-29-18)25-20(28)3-2-4-21-26-22(27-31-21)14-5-7-15(24)8-6-14/h5-8,11-13H,2-4,9-10H2,1H3,(H,25,28). The van der Waals surface area contributed by atoms with Crippen LogP contribution in [0.2, 0.25) is 0 Å². The van der Waals surface area contributed by atoms with Crippen LogP contribution in [-0.2, 0) is 11.2 Å². The van der Waals surface area contributed by atoms with E-state index in [-0.39, 0.29) is 17.8 Å². The van der Waals surface area contributed by atoms with Crippen molar-refractivity contribution in [3.8, 4) is 22.9 Å². The van der Waals surface area contributed by atoms with Crippen molar-refractivity contribution in [1.82, 2.24) is 15.5 Å². The number of ether oxygens (including phenoxy) is 2. The zero-order chi connectivity index (χ0) is 21.8. The number of carbonyl (C=O) groups is 1. The fourth-order valence-corrected chi connectivity index (χ4v) is 3.94. The minimum Gasteiger partial charge on any atom is -0.486 e. The number of aryl methyl sites for hydroxylation is 1. The van der Waals surface area contributed by atoms with Gasteiger partial charge in [0.15, 0.2) is 11.5 Å². The molecule has 1 aromatic heterocycles. The van der Waals surface area contributed by atoms with Gasteiger partial charge in [0.1, 0.15) is 19.0 Å². The Morgan fingerprint density at radius 2 is 1.90 bits per heavy atom. The molecule has 0 fully saturated rings. The molecule has 4 rings (SSSR count). The van der Waals surface area contributed by atoms with Gasteiger partial charge in [-0.15, -0.1) is 0 Å². The van der Waals surface area contributed by atoms with Crippen molar-refractivity contribution in [3.63, 3.8) is 0 Å². The number of benzene rings is 2. The quantitative estimate of drug-likeness (QED) is 0.521. The van der Waals surface area contributed by atoms with Gasteiger partial charge in [-0.25, -0.2) is 4.39 Å². The fourth-order valence-electron chi connectivity index (χ4n) is 3.28. The third-order valence-corrected chi connectivity index (χ3v) is 5.56. The summed E-state index contributed by atoms with van der Waals surface area (Å²) in [6, 6.07) is 9.42. The molecule has 0 saturated heterocycles. The molecule has 0 bridgehead atoms. The smallest absolute Gasteiger partial charge is 0.226 e. The average Bonchev–Trinajstić information content (AvgIpc) is 3.22. The predicted molar refractivity (Wildman–Crippen MR) is 114 cm³/mol. The molecule has 1 aliphatic heterocycles. The van der Waals surface area contributed by atoms with Gasteiger partial charge in [0.05, 0.1) is 6.04 Å². The topological polar surface area (TPSA) is 86.5 Å². The van der Waals surface area contributed by atoms with Crippen molar-refractivity contribution < 1.29 is 23.2 Å². The summed E-state index contributed by atoms with van der Waals surface area (Å²) in [6.45, 7) is 2.95. The molecular formula is C22H21BrFN3O4. The van der Waals surface area contributed by atoms with Crippen LogP contribution in [0.5, 0.6) is 11.5 Å². The predicted octanol–water partition coefficient (Wildman–Crippen LogP) is 4.61. The third-order valence-electron chi connectivity index (χ3n) is 4.87. The molecule has 1 atom stereocenters. The zero-order valence-corrected chi connectivity index (χ0v) is 18.4. The molecule has 1 amide bonds. The van der Waals surface area contributed by atoms with E-state index >= 15 is 0 Å². The maximum atomic E-state index is 13.0. The van der Waals surface area contributed by atoms with Crippen molar-refractivity contribution in [2.45, 2.75) is 32.2 Å². The number of rotatable bonds is 7. The van der Waals surface area contributed by atoms with E-state index in [0.717, 1.165) is 10.0 Å². The lowest BCUT2D eigenvalue weighted by Crippen LogP contribution is -2.27. The SMILES string of the molecule is CC(NC(=O)CCCc1nc(-c2ccc(F)cc2)no1)c1cc2c(cc1Br)OCCO2. The Balaban J connectivity index is 1.28. The average molecular weight is 490 g/mol. The molecule has 162 valence electrons. The second kappa shape index (κ2) is 9.47. The molecule has 2 aromatic carbocycles. The monoisotopic (exact) mass is 489 g/mol. The van der Waals surface area contributed by atoms with Gasteiger partial charge in [-0.3, -0.25) is 4.79 Å². The number of amides is 1. The van der Waals surface area contributed by atoms with E-state index in [1.54, 1.807) is 12.1 Å². The van der Waals surface area contributed by atoms with Crippen molar-refractivity contribution in [2.24, 2.45) is 0 Å². The lowest BCUT2D eigenvalue weighted by molar-refractivity contribution is -0.121. The molecule has 3 aromatic rings. The van der Waals surface area contributed by atoms with Crippen LogP contribution in [0.3, 0.4) is 0 Å². The van der Waals surface area contributed by atoms with Crippen molar-refractivity contribution in [2.75, 3.05) is 13.2 Å². The summed E-state index contributed by atoms with van der Waals surface area (Å²) < 4.78 is 30.3. The lowest BCUT2D eigenvalue weighted by atomic mass is 10.1. The summed E-state index contributed by atoms with van der Waals surface area (Å²) in [7, 11) is 0. The van der Waals surface area contributed by atoms with Gasteiger partial charge < -0.3 is 19.3 Å². The number of nitrogens with one attached hydrogen (secondary N) is 1. The highest BCUT2D eigenvalue weighted by atomic mass is 79.9. The molecule has 2 heterocycles. The first-order valence-corrected chi connectivity index (χ1v) is 10.8. The zero-order valence-electron chi connectivity index (χ0n) is 16.9. The molecule has 1 N–H and O–H groups in total. The Morgan fingerprint density at radius 3 is 2.65 bits per heavy atom. The Labute approximate surface area is 187 Å². The van der Waals surface area contributed by atoms with E-state index in [2.05, 4.69) is 31.4 Å². The summed E-state index contributed by atoms with van der Waals surface area (Å²) in [5.74, 6) is 1.81. The Bertz CT molecular complexity index is 1070. The Morgan fingerprint density at radius 1 is 1.19 bits per heavy atom. The van der Waals surface area contributed by atoms with E-state index in [4.69, 9.17) is 14.0 Å². The van der Waals surface area contributed by atoms with Crippen molar-refractivity contribution >= 4 is 21.8 Å².